The highest BCUT2D eigenvalue weighted by Crippen LogP contribution is 2.16. The second-order valence-corrected chi connectivity index (χ2v) is 4.87. The van der Waals surface area contributed by atoms with Gasteiger partial charge in [-0.25, -0.2) is 0 Å². The monoisotopic (exact) mass is 275 g/mol. The van der Waals surface area contributed by atoms with Crippen LogP contribution in [0.25, 0.3) is 0 Å². The molecule has 0 aliphatic rings. The minimum atomic E-state index is -0.0866. The maximum Gasteiger partial charge on any atom is 0.260 e. The zero-order chi connectivity index (χ0) is 15.0. The zero-order valence-electron chi connectivity index (χ0n) is 12.3. The van der Waals surface area contributed by atoms with Crippen LogP contribution in [0.5, 0.6) is 5.75 Å². The number of rotatable bonds is 7. The largest absolute Gasteiger partial charge is 0.482 e. The summed E-state index contributed by atoms with van der Waals surface area (Å²) in [6, 6.07) is 8.94. The summed E-state index contributed by atoms with van der Waals surface area (Å²) in [5, 5.41) is 8.93. The van der Waals surface area contributed by atoms with Gasteiger partial charge in [0.1, 0.15) is 11.8 Å². The Bertz CT molecular complexity index is 480. The molecule has 0 saturated heterocycles. The predicted molar refractivity (Wildman–Crippen MR) is 77.5 cm³/mol. The lowest BCUT2D eigenvalue weighted by Gasteiger charge is -2.18. The fourth-order valence-corrected chi connectivity index (χ4v) is 1.68. The molecule has 5 nitrogen and oxygen atoms in total. The highest BCUT2D eigenvalue weighted by Gasteiger charge is 2.10. The third-order valence-electron chi connectivity index (χ3n) is 2.88. The second-order valence-electron chi connectivity index (χ2n) is 4.87. The average Bonchev–Trinajstić information content (AvgIpc) is 2.44. The van der Waals surface area contributed by atoms with Crippen LogP contribution >= 0.6 is 0 Å². The summed E-state index contributed by atoms with van der Waals surface area (Å²) in [7, 11) is 5.77. The Balaban J connectivity index is 2.41. The molecule has 0 aromatic heterocycles. The lowest BCUT2D eigenvalue weighted by atomic mass is 10.2. The molecule has 1 rings (SSSR count). The topological polar surface area (TPSA) is 56.6 Å². The second kappa shape index (κ2) is 8.18. The Morgan fingerprint density at radius 1 is 1.25 bits per heavy atom. The Kier molecular flexibility index (Phi) is 6.54. The molecule has 0 N–H and O–H groups in total. The van der Waals surface area contributed by atoms with Gasteiger partial charge >= 0.3 is 0 Å². The van der Waals surface area contributed by atoms with Crippen molar-refractivity contribution in [3.63, 3.8) is 0 Å². The van der Waals surface area contributed by atoms with E-state index in [2.05, 4.69) is 4.90 Å². The molecule has 0 fully saturated rings. The quantitative estimate of drug-likeness (QED) is 0.753. The van der Waals surface area contributed by atoms with E-state index >= 15 is 0 Å². The molecule has 0 bridgehead atoms. The van der Waals surface area contributed by atoms with Crippen molar-refractivity contribution in [2.45, 2.75) is 6.42 Å². The van der Waals surface area contributed by atoms with Crippen molar-refractivity contribution in [2.75, 3.05) is 40.8 Å². The number of para-hydroxylation sites is 1. The first-order valence-electron chi connectivity index (χ1n) is 6.55. The first kappa shape index (κ1) is 16.0. The van der Waals surface area contributed by atoms with Crippen molar-refractivity contribution in [1.82, 2.24) is 9.80 Å². The van der Waals surface area contributed by atoms with Crippen LogP contribution in [-0.2, 0) is 4.79 Å². The molecule has 1 amide bonds. The van der Waals surface area contributed by atoms with Crippen LogP contribution in [0.15, 0.2) is 24.3 Å². The van der Waals surface area contributed by atoms with Crippen LogP contribution in [0.4, 0.5) is 0 Å². The smallest absolute Gasteiger partial charge is 0.260 e. The SMILES string of the molecule is CN(C)CCCN(C)C(=O)COc1ccccc1C#N. The fourth-order valence-electron chi connectivity index (χ4n) is 1.68. The van der Waals surface area contributed by atoms with Crippen molar-refractivity contribution in [1.29, 1.82) is 5.26 Å². The molecule has 0 atom stereocenters. The third kappa shape index (κ3) is 5.29. The third-order valence-corrected chi connectivity index (χ3v) is 2.88. The molecule has 1 aromatic carbocycles. The zero-order valence-corrected chi connectivity index (χ0v) is 12.3. The van der Waals surface area contributed by atoms with E-state index in [1.54, 1.807) is 36.2 Å². The molecule has 0 aliphatic carbocycles. The van der Waals surface area contributed by atoms with E-state index in [4.69, 9.17) is 10.00 Å². The van der Waals surface area contributed by atoms with E-state index in [-0.39, 0.29) is 12.5 Å². The highest BCUT2D eigenvalue weighted by molar-refractivity contribution is 5.77. The lowest BCUT2D eigenvalue weighted by molar-refractivity contribution is -0.132. The van der Waals surface area contributed by atoms with Crippen molar-refractivity contribution < 1.29 is 9.53 Å². The number of ether oxygens (including phenoxy) is 1. The Labute approximate surface area is 120 Å². The Morgan fingerprint density at radius 2 is 1.95 bits per heavy atom. The number of nitriles is 1. The van der Waals surface area contributed by atoms with Gasteiger partial charge < -0.3 is 14.5 Å². The molecule has 108 valence electrons. The number of carbonyl (C=O) groups is 1. The summed E-state index contributed by atoms with van der Waals surface area (Å²) in [6.07, 6.45) is 0.921. The van der Waals surface area contributed by atoms with E-state index in [0.717, 1.165) is 13.0 Å². The van der Waals surface area contributed by atoms with Gasteiger partial charge in [-0.3, -0.25) is 4.79 Å². The number of carbonyl (C=O) groups excluding carboxylic acids is 1. The summed E-state index contributed by atoms with van der Waals surface area (Å²) in [4.78, 5) is 15.6. The molecule has 0 spiro atoms. The van der Waals surface area contributed by atoms with E-state index in [1.807, 2.05) is 20.2 Å². The molecule has 5 heteroatoms. The summed E-state index contributed by atoms with van der Waals surface area (Å²) in [5.41, 5.74) is 0.440. The van der Waals surface area contributed by atoms with Gasteiger partial charge in [0.15, 0.2) is 6.61 Å². The molecular formula is C15H21N3O2. The normalized spacial score (nSPS) is 10.2. The molecule has 0 heterocycles. The summed E-state index contributed by atoms with van der Waals surface area (Å²) < 4.78 is 5.41. The molecule has 0 unspecified atom stereocenters. The van der Waals surface area contributed by atoms with Crippen molar-refractivity contribution in [3.8, 4) is 11.8 Å². The van der Waals surface area contributed by atoms with E-state index in [1.165, 1.54) is 0 Å². The average molecular weight is 275 g/mol. The van der Waals surface area contributed by atoms with Crippen LogP contribution in [0.1, 0.15) is 12.0 Å². The van der Waals surface area contributed by atoms with Crippen molar-refractivity contribution in [3.05, 3.63) is 29.8 Å². The van der Waals surface area contributed by atoms with Crippen LogP contribution in [0, 0.1) is 11.3 Å². The standard InChI is InChI=1S/C15H21N3O2/c1-17(2)9-6-10-18(3)15(19)12-20-14-8-5-4-7-13(14)11-16/h4-5,7-8H,6,9-10,12H2,1-3H3. The van der Waals surface area contributed by atoms with E-state index < -0.39 is 0 Å². The van der Waals surface area contributed by atoms with Crippen LogP contribution in [0.3, 0.4) is 0 Å². The molecule has 1 aromatic rings. The Morgan fingerprint density at radius 3 is 2.60 bits per heavy atom. The maximum absolute atomic E-state index is 11.9. The highest BCUT2D eigenvalue weighted by atomic mass is 16.5. The van der Waals surface area contributed by atoms with Gasteiger partial charge in [-0.2, -0.15) is 5.26 Å². The number of hydrogen-bond donors (Lipinski definition) is 0. The summed E-state index contributed by atoms with van der Waals surface area (Å²) in [5.74, 6) is 0.363. The predicted octanol–water partition coefficient (Wildman–Crippen LogP) is 1.35. The fraction of sp³-hybridized carbons (Fsp3) is 0.467. The van der Waals surface area contributed by atoms with Crippen LogP contribution in [0.2, 0.25) is 0 Å². The number of benzene rings is 1. The number of likely N-dealkylation sites (N-methyl/N-ethyl adjacent to an activating group) is 1. The number of nitrogens with zero attached hydrogens (tertiary/aromatic N) is 3. The molecule has 0 radical (unpaired) electrons. The van der Waals surface area contributed by atoms with Gasteiger partial charge in [0.05, 0.1) is 5.56 Å². The minimum Gasteiger partial charge on any atom is -0.482 e. The van der Waals surface area contributed by atoms with Crippen LogP contribution < -0.4 is 4.74 Å². The molecule has 20 heavy (non-hydrogen) atoms. The summed E-state index contributed by atoms with van der Waals surface area (Å²) >= 11 is 0. The van der Waals surface area contributed by atoms with Crippen molar-refractivity contribution in [2.24, 2.45) is 0 Å². The van der Waals surface area contributed by atoms with Gasteiger partial charge in [0.25, 0.3) is 5.91 Å². The van der Waals surface area contributed by atoms with Crippen LogP contribution in [-0.4, -0.2) is 56.5 Å². The van der Waals surface area contributed by atoms with Crippen molar-refractivity contribution >= 4 is 5.91 Å². The molecule has 0 aliphatic heterocycles. The van der Waals surface area contributed by atoms with Gasteiger partial charge in [0, 0.05) is 13.6 Å². The number of amides is 1. The first-order chi connectivity index (χ1) is 9.54. The minimum absolute atomic E-state index is 0.0445. The summed E-state index contributed by atoms with van der Waals surface area (Å²) in [6.45, 7) is 1.59. The lowest BCUT2D eigenvalue weighted by Crippen LogP contribution is -2.33. The van der Waals surface area contributed by atoms with Gasteiger partial charge in [-0.15, -0.1) is 0 Å². The van der Waals surface area contributed by atoms with E-state index in [9.17, 15) is 4.79 Å². The number of hydrogen-bond acceptors (Lipinski definition) is 4. The first-order valence-corrected chi connectivity index (χ1v) is 6.55. The van der Waals surface area contributed by atoms with Gasteiger partial charge in [-0.1, -0.05) is 12.1 Å². The maximum atomic E-state index is 11.9. The van der Waals surface area contributed by atoms with Gasteiger partial charge in [0.2, 0.25) is 0 Å². The Hall–Kier alpha value is -2.06. The molecule has 0 saturated carbocycles. The molecular weight excluding hydrogens is 254 g/mol. The van der Waals surface area contributed by atoms with Gasteiger partial charge in [-0.05, 0) is 39.2 Å². The van der Waals surface area contributed by atoms with E-state index in [0.29, 0.717) is 17.9 Å².